The van der Waals surface area contributed by atoms with Gasteiger partial charge in [0.25, 0.3) is 0 Å². The Balaban J connectivity index is 2.21. The van der Waals surface area contributed by atoms with Crippen LogP contribution >= 0.6 is 15.9 Å². The minimum atomic E-state index is -4.34. The molecule has 1 aromatic carbocycles. The van der Waals surface area contributed by atoms with Crippen LogP contribution in [0.2, 0.25) is 0 Å². The summed E-state index contributed by atoms with van der Waals surface area (Å²) in [6.45, 7) is 1.53. The van der Waals surface area contributed by atoms with Gasteiger partial charge >= 0.3 is 6.18 Å². The van der Waals surface area contributed by atoms with Crippen LogP contribution < -0.4 is 5.32 Å². The second-order valence-corrected chi connectivity index (χ2v) is 6.04. The molecule has 0 spiro atoms. The summed E-state index contributed by atoms with van der Waals surface area (Å²) in [6, 6.07) is 5.23. The van der Waals surface area contributed by atoms with Gasteiger partial charge < -0.3 is 10.3 Å². The van der Waals surface area contributed by atoms with Crippen LogP contribution in [-0.2, 0) is 6.18 Å². The van der Waals surface area contributed by atoms with Crippen LogP contribution in [0.4, 0.5) is 13.2 Å². The number of fused-ring (bicyclic) bond motifs is 1. The topological polar surface area (TPSA) is 27.8 Å². The van der Waals surface area contributed by atoms with Crippen molar-refractivity contribution in [3.63, 3.8) is 0 Å². The Bertz CT molecular complexity index is 627. The highest BCUT2D eigenvalue weighted by molar-refractivity contribution is 9.10. The first kappa shape index (κ1) is 13.9. The Morgan fingerprint density at radius 3 is 2.50 bits per heavy atom. The molecule has 6 heteroatoms. The molecule has 20 heavy (non-hydrogen) atoms. The van der Waals surface area contributed by atoms with Crippen LogP contribution in [0.1, 0.15) is 30.0 Å². The van der Waals surface area contributed by atoms with Gasteiger partial charge in [-0.1, -0.05) is 15.9 Å². The Morgan fingerprint density at radius 1 is 1.15 bits per heavy atom. The molecule has 0 unspecified atom stereocenters. The maximum absolute atomic E-state index is 13.3. The van der Waals surface area contributed by atoms with E-state index in [2.05, 4.69) is 26.2 Å². The Hall–Kier alpha value is -1.01. The summed E-state index contributed by atoms with van der Waals surface area (Å²) in [5.41, 5.74) is 0.391. The fraction of sp³-hybridized carbons (Fsp3) is 0.429. The molecule has 1 saturated heterocycles. The first-order valence-corrected chi connectivity index (χ1v) is 7.35. The Labute approximate surface area is 122 Å². The SMILES string of the molecule is FC(F)(F)c1[nH]c2ccc(Br)cc2c1C1CCNCC1. The van der Waals surface area contributed by atoms with E-state index in [1.54, 1.807) is 18.2 Å². The van der Waals surface area contributed by atoms with E-state index in [0.717, 1.165) is 30.4 Å². The third-order valence-electron chi connectivity index (χ3n) is 3.83. The molecule has 3 rings (SSSR count). The van der Waals surface area contributed by atoms with Gasteiger partial charge in [-0.3, -0.25) is 0 Å². The van der Waals surface area contributed by atoms with Crippen molar-refractivity contribution in [2.24, 2.45) is 0 Å². The van der Waals surface area contributed by atoms with Crippen molar-refractivity contribution in [1.29, 1.82) is 0 Å². The van der Waals surface area contributed by atoms with Crippen molar-refractivity contribution in [3.05, 3.63) is 33.9 Å². The number of piperidine rings is 1. The van der Waals surface area contributed by atoms with Gasteiger partial charge in [0, 0.05) is 15.4 Å². The van der Waals surface area contributed by atoms with Gasteiger partial charge in [-0.2, -0.15) is 13.2 Å². The second kappa shape index (κ2) is 5.07. The summed E-state index contributed by atoms with van der Waals surface area (Å²) in [5, 5.41) is 3.87. The summed E-state index contributed by atoms with van der Waals surface area (Å²) in [5.74, 6) is -0.0454. The highest BCUT2D eigenvalue weighted by Gasteiger charge is 2.38. The number of H-pyrrole nitrogens is 1. The lowest BCUT2D eigenvalue weighted by atomic mass is 9.88. The zero-order valence-corrected chi connectivity index (χ0v) is 12.2. The van der Waals surface area contributed by atoms with E-state index >= 15 is 0 Å². The van der Waals surface area contributed by atoms with Crippen LogP contribution in [-0.4, -0.2) is 18.1 Å². The second-order valence-electron chi connectivity index (χ2n) is 5.13. The number of rotatable bonds is 1. The van der Waals surface area contributed by atoms with Crippen molar-refractivity contribution < 1.29 is 13.2 Å². The summed E-state index contributed by atoms with van der Waals surface area (Å²) in [7, 11) is 0. The van der Waals surface area contributed by atoms with Crippen molar-refractivity contribution in [2.75, 3.05) is 13.1 Å². The quantitative estimate of drug-likeness (QED) is 0.786. The maximum Gasteiger partial charge on any atom is 0.431 e. The Kier molecular flexibility index (Phi) is 3.54. The monoisotopic (exact) mass is 346 g/mol. The standard InChI is InChI=1S/C14H14BrF3N2/c15-9-1-2-11-10(7-9)12(8-3-5-19-6-4-8)13(20-11)14(16,17)18/h1-2,7-8,19-20H,3-6H2. The fourth-order valence-corrected chi connectivity index (χ4v) is 3.30. The van der Waals surface area contributed by atoms with Gasteiger partial charge in [0.1, 0.15) is 5.69 Å². The molecular weight excluding hydrogens is 333 g/mol. The minimum absolute atomic E-state index is 0.0454. The van der Waals surface area contributed by atoms with Crippen LogP contribution in [0, 0.1) is 0 Å². The van der Waals surface area contributed by atoms with E-state index in [0.29, 0.717) is 16.5 Å². The van der Waals surface area contributed by atoms with Crippen molar-refractivity contribution >= 4 is 26.8 Å². The molecule has 0 saturated carbocycles. The third kappa shape index (κ3) is 2.46. The van der Waals surface area contributed by atoms with E-state index in [1.165, 1.54) is 0 Å². The zero-order valence-electron chi connectivity index (χ0n) is 10.6. The van der Waals surface area contributed by atoms with E-state index in [4.69, 9.17) is 0 Å². The van der Waals surface area contributed by atoms with Gasteiger partial charge in [-0.15, -0.1) is 0 Å². The number of hydrogen-bond acceptors (Lipinski definition) is 1. The molecule has 1 aliphatic heterocycles. The normalized spacial score (nSPS) is 17.8. The smallest absolute Gasteiger partial charge is 0.351 e. The predicted molar refractivity (Wildman–Crippen MR) is 75.8 cm³/mol. The van der Waals surface area contributed by atoms with Gasteiger partial charge in [-0.05, 0) is 55.6 Å². The highest BCUT2D eigenvalue weighted by Crippen LogP contribution is 2.42. The largest absolute Gasteiger partial charge is 0.431 e. The number of nitrogens with one attached hydrogen (secondary N) is 2. The molecule has 2 N–H and O–H groups in total. The molecule has 1 fully saturated rings. The highest BCUT2D eigenvalue weighted by atomic mass is 79.9. The van der Waals surface area contributed by atoms with Crippen molar-refractivity contribution in [2.45, 2.75) is 24.9 Å². The zero-order chi connectivity index (χ0) is 14.3. The third-order valence-corrected chi connectivity index (χ3v) is 4.32. The average molecular weight is 347 g/mol. The van der Waals surface area contributed by atoms with Crippen molar-refractivity contribution in [3.8, 4) is 0 Å². The molecule has 2 heterocycles. The number of hydrogen-bond donors (Lipinski definition) is 2. The average Bonchev–Trinajstić information content (AvgIpc) is 2.78. The number of aromatic nitrogens is 1. The lowest BCUT2D eigenvalue weighted by Gasteiger charge is -2.24. The number of aromatic amines is 1. The summed E-state index contributed by atoms with van der Waals surface area (Å²) < 4.78 is 40.6. The molecule has 2 aromatic rings. The minimum Gasteiger partial charge on any atom is -0.351 e. The van der Waals surface area contributed by atoms with E-state index in [1.807, 2.05) is 0 Å². The lowest BCUT2D eigenvalue weighted by Crippen LogP contribution is -2.27. The molecule has 2 nitrogen and oxygen atoms in total. The first-order valence-electron chi connectivity index (χ1n) is 6.56. The Morgan fingerprint density at radius 2 is 1.85 bits per heavy atom. The molecule has 0 amide bonds. The lowest BCUT2D eigenvalue weighted by molar-refractivity contribution is -0.141. The van der Waals surface area contributed by atoms with Crippen LogP contribution in [0.5, 0.6) is 0 Å². The molecule has 1 aliphatic rings. The molecule has 0 radical (unpaired) electrons. The maximum atomic E-state index is 13.3. The van der Waals surface area contributed by atoms with Crippen LogP contribution in [0.25, 0.3) is 10.9 Å². The van der Waals surface area contributed by atoms with Gasteiger partial charge in [0.15, 0.2) is 0 Å². The van der Waals surface area contributed by atoms with E-state index in [-0.39, 0.29) is 5.92 Å². The van der Waals surface area contributed by atoms with E-state index in [9.17, 15) is 13.2 Å². The van der Waals surface area contributed by atoms with Crippen molar-refractivity contribution in [1.82, 2.24) is 10.3 Å². The van der Waals surface area contributed by atoms with Gasteiger partial charge in [0.05, 0.1) is 0 Å². The predicted octanol–water partition coefficient (Wildman–Crippen LogP) is 4.42. The fourth-order valence-electron chi connectivity index (χ4n) is 2.94. The molecule has 108 valence electrons. The van der Waals surface area contributed by atoms with Crippen LogP contribution in [0.15, 0.2) is 22.7 Å². The molecular formula is C14H14BrF3N2. The number of halogens is 4. The van der Waals surface area contributed by atoms with Gasteiger partial charge in [0.2, 0.25) is 0 Å². The summed E-state index contributed by atoms with van der Waals surface area (Å²) >= 11 is 3.34. The molecule has 0 bridgehead atoms. The van der Waals surface area contributed by atoms with E-state index < -0.39 is 11.9 Å². The first-order chi connectivity index (χ1) is 9.47. The molecule has 1 aromatic heterocycles. The summed E-state index contributed by atoms with van der Waals surface area (Å²) in [4.78, 5) is 2.56. The van der Waals surface area contributed by atoms with Gasteiger partial charge in [-0.25, -0.2) is 0 Å². The summed E-state index contributed by atoms with van der Waals surface area (Å²) in [6.07, 6.45) is -2.86. The number of benzene rings is 1. The molecule has 0 aliphatic carbocycles. The number of alkyl halides is 3. The molecule has 0 atom stereocenters. The van der Waals surface area contributed by atoms with Crippen LogP contribution in [0.3, 0.4) is 0 Å².